The molecule has 0 amide bonds. The van der Waals surface area contributed by atoms with Crippen LogP contribution in [0.1, 0.15) is 13.3 Å². The van der Waals surface area contributed by atoms with Crippen LogP contribution in [-0.2, 0) is 0 Å². The van der Waals surface area contributed by atoms with E-state index in [0.29, 0.717) is 0 Å². The molecule has 0 aromatic heterocycles. The summed E-state index contributed by atoms with van der Waals surface area (Å²) in [7, 11) is 1.26. The molecule has 0 atom stereocenters. The molecule has 26 valence electrons. The van der Waals surface area contributed by atoms with Gasteiger partial charge in [-0.3, -0.25) is 0 Å². The second kappa shape index (κ2) is 8.84. The zero-order chi connectivity index (χ0) is 3.41. The third-order valence-corrected chi connectivity index (χ3v) is 1.22. The van der Waals surface area contributed by atoms with E-state index < -0.39 is 0 Å². The molecule has 0 nitrogen and oxygen atoms in total. The van der Waals surface area contributed by atoms with Crippen LogP contribution in [0.15, 0.2) is 0 Å². The van der Waals surface area contributed by atoms with Gasteiger partial charge in [0.1, 0.15) is 0 Å². The third kappa shape index (κ3) is 11.6. The molecule has 0 bridgehead atoms. The quantitative estimate of drug-likeness (QED) is 0.231. The summed E-state index contributed by atoms with van der Waals surface area (Å²) in [4.78, 5) is 0. The van der Waals surface area contributed by atoms with E-state index in [1.165, 1.54) is 16.7 Å². The van der Waals surface area contributed by atoms with Crippen molar-refractivity contribution in [3.63, 3.8) is 0 Å². The predicted octanol–water partition coefficient (Wildman–Crippen LogP) is -3.07. The van der Waals surface area contributed by atoms with Crippen molar-refractivity contribution < 1.29 is 18.9 Å². The fourth-order valence-corrected chi connectivity index (χ4v) is 0. The van der Waals surface area contributed by atoms with Gasteiger partial charge in [0, 0.05) is 0 Å². The van der Waals surface area contributed by atoms with Gasteiger partial charge in [0.05, 0.1) is 0 Å². The molecule has 0 unspecified atom stereocenters. The summed E-state index contributed by atoms with van der Waals surface area (Å²) < 4.78 is 0. The van der Waals surface area contributed by atoms with E-state index in [0.717, 1.165) is 0 Å². The van der Waals surface area contributed by atoms with Crippen LogP contribution < -0.4 is 18.9 Å². The fourth-order valence-electron chi connectivity index (χ4n) is 0. The van der Waals surface area contributed by atoms with Crippen molar-refractivity contribution in [2.75, 3.05) is 0 Å². The summed E-state index contributed by atoms with van der Waals surface area (Å²) in [6.45, 7) is 2.16. The molecule has 0 N–H and O–H groups in total. The Labute approximate surface area is 48.9 Å². The third-order valence-electron chi connectivity index (χ3n) is 0.408. The Bertz CT molecular complexity index is 8.85. The Hall–Kier alpha value is 0.814. The molecule has 0 aromatic carbocycles. The first kappa shape index (κ1) is 9.26. The van der Waals surface area contributed by atoms with E-state index in [1.54, 1.807) is 0 Å². The molecule has 5 heavy (non-hydrogen) atoms. The fraction of sp³-hybridized carbons (Fsp3) is 0.667. The SMILES string of the molecule is CC[CH-][SiH3].[Li+]. The number of rotatable bonds is 1. The summed E-state index contributed by atoms with van der Waals surface area (Å²) in [6, 6.07) is 2.26. The van der Waals surface area contributed by atoms with Gasteiger partial charge in [0.2, 0.25) is 0 Å². The Morgan fingerprint density at radius 3 is 2.00 bits per heavy atom. The van der Waals surface area contributed by atoms with Gasteiger partial charge in [-0.2, -0.15) is 6.42 Å². The van der Waals surface area contributed by atoms with Crippen molar-refractivity contribution in [3.05, 3.63) is 6.04 Å². The van der Waals surface area contributed by atoms with Gasteiger partial charge in [-0.05, 0) is 0 Å². The van der Waals surface area contributed by atoms with Crippen molar-refractivity contribution in [1.82, 2.24) is 0 Å². The van der Waals surface area contributed by atoms with Crippen LogP contribution in [-0.4, -0.2) is 10.2 Å². The maximum absolute atomic E-state index is 2.26. The molecule has 2 heteroatoms. The molecule has 0 aliphatic carbocycles. The molecule has 0 radical (unpaired) electrons. The van der Waals surface area contributed by atoms with Crippen LogP contribution in [0.2, 0.25) is 0 Å². The second-order valence-corrected chi connectivity index (χ2v) is 1.63. The van der Waals surface area contributed by atoms with Crippen molar-refractivity contribution in [2.24, 2.45) is 0 Å². The van der Waals surface area contributed by atoms with E-state index in [2.05, 4.69) is 13.0 Å². The molecule has 0 saturated carbocycles. The molecule has 0 saturated heterocycles. The van der Waals surface area contributed by atoms with Crippen molar-refractivity contribution in [2.45, 2.75) is 13.3 Å². The second-order valence-electron chi connectivity index (χ2n) is 0.816. The van der Waals surface area contributed by atoms with E-state index in [1.807, 2.05) is 0 Å². The molecule has 0 rings (SSSR count). The van der Waals surface area contributed by atoms with Gasteiger partial charge in [-0.25, -0.2) is 0 Å². The smallest absolute Gasteiger partial charge is 0.336 e. The Morgan fingerprint density at radius 1 is 1.80 bits per heavy atom. The van der Waals surface area contributed by atoms with Gasteiger partial charge >= 0.3 is 18.9 Å². The summed E-state index contributed by atoms with van der Waals surface area (Å²) >= 11 is 0. The Kier molecular flexibility index (Phi) is 16.4. The van der Waals surface area contributed by atoms with Crippen LogP contribution in [0.3, 0.4) is 0 Å². The van der Waals surface area contributed by atoms with Crippen LogP contribution in [0.5, 0.6) is 0 Å². The van der Waals surface area contributed by atoms with Crippen LogP contribution >= 0.6 is 0 Å². The van der Waals surface area contributed by atoms with Gasteiger partial charge < -0.3 is 6.04 Å². The zero-order valence-corrected chi connectivity index (χ0v) is 6.28. The Morgan fingerprint density at radius 2 is 2.00 bits per heavy atom. The number of hydrogen-bond acceptors (Lipinski definition) is 0. The Balaban J connectivity index is 0. The van der Waals surface area contributed by atoms with Gasteiger partial charge in [0.25, 0.3) is 0 Å². The van der Waals surface area contributed by atoms with Gasteiger partial charge in [0.15, 0.2) is 0 Å². The van der Waals surface area contributed by atoms with E-state index in [9.17, 15) is 0 Å². The topological polar surface area (TPSA) is 0 Å². The largest absolute Gasteiger partial charge is 1.00 e. The monoisotopic (exact) mass is 80.1 g/mol. The molecule has 0 fully saturated rings. The summed E-state index contributed by atoms with van der Waals surface area (Å²) in [6.07, 6.45) is 1.26. The van der Waals surface area contributed by atoms with Gasteiger partial charge in [-0.1, -0.05) is 6.92 Å². The molecule has 0 spiro atoms. The average molecular weight is 80.1 g/mol. The minimum absolute atomic E-state index is 0. The van der Waals surface area contributed by atoms with Crippen LogP contribution in [0.25, 0.3) is 0 Å². The maximum atomic E-state index is 2.26. The van der Waals surface area contributed by atoms with E-state index in [4.69, 9.17) is 0 Å². The molecule has 0 heterocycles. The maximum Gasteiger partial charge on any atom is 1.00 e. The van der Waals surface area contributed by atoms with Crippen molar-refractivity contribution >= 4 is 10.2 Å². The average Bonchev–Trinajstić information content (AvgIpc) is 1.37. The molecule has 0 aliphatic rings. The molecule has 0 aromatic rings. The first-order chi connectivity index (χ1) is 1.91. The van der Waals surface area contributed by atoms with Crippen molar-refractivity contribution in [3.8, 4) is 0 Å². The first-order valence-corrected chi connectivity index (χ1v) is 2.85. The minimum Gasteiger partial charge on any atom is -0.336 e. The summed E-state index contributed by atoms with van der Waals surface area (Å²) in [5, 5.41) is 0. The summed E-state index contributed by atoms with van der Waals surface area (Å²) in [5.41, 5.74) is 0. The minimum atomic E-state index is 0. The zero-order valence-electron chi connectivity index (χ0n) is 4.28. The van der Waals surface area contributed by atoms with E-state index >= 15 is 0 Å². The standard InChI is InChI=1S/C3H9Si.Li/c1-2-3-4;/h3H,2H2,1,4H3;/q-1;+1. The molecular weight excluding hydrogens is 71.1 g/mol. The van der Waals surface area contributed by atoms with E-state index in [-0.39, 0.29) is 18.9 Å². The normalized spacial score (nSPS) is 6.60. The predicted molar refractivity (Wildman–Crippen MR) is 24.5 cm³/mol. The summed E-state index contributed by atoms with van der Waals surface area (Å²) in [5.74, 6) is 0. The molecule has 0 aliphatic heterocycles. The van der Waals surface area contributed by atoms with Crippen LogP contribution in [0, 0.1) is 6.04 Å². The van der Waals surface area contributed by atoms with Crippen LogP contribution in [0.4, 0.5) is 0 Å². The van der Waals surface area contributed by atoms with Crippen molar-refractivity contribution in [1.29, 1.82) is 0 Å². The first-order valence-electron chi connectivity index (χ1n) is 1.69. The number of hydrogen-bond donors (Lipinski definition) is 0. The molecular formula is C3H9LiSi. The van der Waals surface area contributed by atoms with Gasteiger partial charge in [-0.15, -0.1) is 10.2 Å².